The molecule has 0 saturated carbocycles. The number of fused-ring (bicyclic) bond motifs is 1. The summed E-state index contributed by atoms with van der Waals surface area (Å²) in [6.45, 7) is 5.54. The molecule has 3 heterocycles. The van der Waals surface area contributed by atoms with Crippen LogP contribution in [0.3, 0.4) is 0 Å². The lowest BCUT2D eigenvalue weighted by Gasteiger charge is -2.38. The lowest BCUT2D eigenvalue weighted by Crippen LogP contribution is -2.48. The summed E-state index contributed by atoms with van der Waals surface area (Å²) in [5.74, 6) is 2.88. The average Bonchev–Trinajstić information content (AvgIpc) is 2.74. The van der Waals surface area contributed by atoms with Crippen molar-refractivity contribution < 1.29 is 14.2 Å². The van der Waals surface area contributed by atoms with Crippen LogP contribution in [0.1, 0.15) is 17.2 Å². The number of aromatic nitrogens is 1. The van der Waals surface area contributed by atoms with Crippen molar-refractivity contribution in [3.8, 4) is 11.5 Å². The van der Waals surface area contributed by atoms with Gasteiger partial charge in [0.25, 0.3) is 0 Å². The summed E-state index contributed by atoms with van der Waals surface area (Å²) < 4.78 is 17.4. The van der Waals surface area contributed by atoms with Crippen molar-refractivity contribution in [2.24, 2.45) is 0 Å². The van der Waals surface area contributed by atoms with E-state index in [4.69, 9.17) is 14.2 Å². The third-order valence-corrected chi connectivity index (χ3v) is 5.48. The van der Waals surface area contributed by atoms with E-state index in [1.807, 2.05) is 30.5 Å². The number of nitrogens with zero attached hydrogens (tertiary/aromatic N) is 3. The van der Waals surface area contributed by atoms with E-state index in [-0.39, 0.29) is 6.10 Å². The second kappa shape index (κ2) is 8.15. The molecular weight excluding hydrogens is 342 g/mol. The highest BCUT2D eigenvalue weighted by atomic mass is 16.5. The summed E-state index contributed by atoms with van der Waals surface area (Å²) in [5, 5.41) is 0. The van der Waals surface area contributed by atoms with Gasteiger partial charge < -0.3 is 19.1 Å². The molecule has 0 N–H and O–H groups in total. The van der Waals surface area contributed by atoms with E-state index in [0.29, 0.717) is 0 Å². The predicted octanol–water partition coefficient (Wildman–Crippen LogP) is 2.53. The predicted molar refractivity (Wildman–Crippen MR) is 105 cm³/mol. The first kappa shape index (κ1) is 18.1. The van der Waals surface area contributed by atoms with Crippen molar-refractivity contribution in [2.45, 2.75) is 12.5 Å². The Hall–Kier alpha value is -2.31. The summed E-state index contributed by atoms with van der Waals surface area (Å²) in [7, 11) is 3.45. The van der Waals surface area contributed by atoms with Gasteiger partial charge in [-0.1, -0.05) is 6.07 Å². The second-order valence-electron chi connectivity index (χ2n) is 6.95. The monoisotopic (exact) mass is 369 g/mol. The van der Waals surface area contributed by atoms with Crippen molar-refractivity contribution in [2.75, 3.05) is 58.5 Å². The maximum atomic E-state index is 6.16. The largest absolute Gasteiger partial charge is 0.496 e. The fourth-order valence-corrected chi connectivity index (χ4v) is 4.07. The standard InChI is InChI=1S/C21H27N3O3/c1-25-17-6-7-18(26-2)21-16(17)8-14-27-19(21)15-23-10-12-24(13-11-23)20-5-3-4-9-22-20/h3-7,9,19H,8,10-15H2,1-2H3. The number of pyridine rings is 1. The van der Waals surface area contributed by atoms with E-state index < -0.39 is 0 Å². The topological polar surface area (TPSA) is 47.1 Å². The minimum atomic E-state index is 0.0141. The molecule has 27 heavy (non-hydrogen) atoms. The number of hydrogen-bond donors (Lipinski definition) is 0. The Bertz CT molecular complexity index is 761. The Labute approximate surface area is 160 Å². The molecule has 0 amide bonds. The molecule has 1 aromatic carbocycles. The van der Waals surface area contributed by atoms with Crippen LogP contribution in [0.25, 0.3) is 0 Å². The van der Waals surface area contributed by atoms with Crippen LogP contribution in [0.2, 0.25) is 0 Å². The Kier molecular flexibility index (Phi) is 5.45. The lowest BCUT2D eigenvalue weighted by molar-refractivity contribution is 0.0127. The van der Waals surface area contributed by atoms with Crippen LogP contribution in [0, 0.1) is 0 Å². The molecule has 2 aliphatic rings. The van der Waals surface area contributed by atoms with Crippen molar-refractivity contribution in [1.82, 2.24) is 9.88 Å². The van der Waals surface area contributed by atoms with Gasteiger partial charge >= 0.3 is 0 Å². The van der Waals surface area contributed by atoms with Crippen molar-refractivity contribution >= 4 is 5.82 Å². The van der Waals surface area contributed by atoms with E-state index >= 15 is 0 Å². The molecule has 1 fully saturated rings. The molecule has 1 saturated heterocycles. The van der Waals surface area contributed by atoms with Crippen LogP contribution in [-0.4, -0.2) is 63.4 Å². The molecule has 1 unspecified atom stereocenters. The molecule has 0 bridgehead atoms. The van der Waals surface area contributed by atoms with Crippen LogP contribution < -0.4 is 14.4 Å². The number of hydrogen-bond acceptors (Lipinski definition) is 6. The molecule has 1 aromatic heterocycles. The number of methoxy groups -OCH3 is 2. The Morgan fingerprint density at radius 1 is 1.04 bits per heavy atom. The summed E-state index contributed by atoms with van der Waals surface area (Å²) >= 11 is 0. The summed E-state index contributed by atoms with van der Waals surface area (Å²) in [5.41, 5.74) is 2.37. The number of benzene rings is 1. The highest BCUT2D eigenvalue weighted by Gasteiger charge is 2.30. The van der Waals surface area contributed by atoms with Gasteiger partial charge in [-0.2, -0.15) is 0 Å². The van der Waals surface area contributed by atoms with E-state index in [1.54, 1.807) is 14.2 Å². The first-order valence-electron chi connectivity index (χ1n) is 9.54. The Morgan fingerprint density at radius 2 is 1.81 bits per heavy atom. The zero-order valence-electron chi connectivity index (χ0n) is 16.1. The highest BCUT2D eigenvalue weighted by Crippen LogP contribution is 2.40. The number of rotatable bonds is 5. The van der Waals surface area contributed by atoms with Crippen molar-refractivity contribution in [3.63, 3.8) is 0 Å². The molecule has 144 valence electrons. The van der Waals surface area contributed by atoms with E-state index in [9.17, 15) is 0 Å². The van der Waals surface area contributed by atoms with E-state index in [1.165, 1.54) is 5.56 Å². The van der Waals surface area contributed by atoms with Gasteiger partial charge in [-0.15, -0.1) is 0 Å². The summed E-state index contributed by atoms with van der Waals surface area (Å²) in [6, 6.07) is 10.1. The van der Waals surface area contributed by atoms with Gasteiger partial charge in [-0.3, -0.25) is 4.90 Å². The summed E-state index contributed by atoms with van der Waals surface area (Å²) in [6.07, 6.45) is 2.73. The SMILES string of the molecule is COc1ccc(OC)c2c1CCOC2CN1CCN(c2ccccn2)CC1. The van der Waals surface area contributed by atoms with Crippen LogP contribution in [0.15, 0.2) is 36.5 Å². The van der Waals surface area contributed by atoms with Gasteiger partial charge in [0.15, 0.2) is 0 Å². The molecule has 1 atom stereocenters. The van der Waals surface area contributed by atoms with Gasteiger partial charge in [0.05, 0.1) is 26.9 Å². The van der Waals surface area contributed by atoms with Crippen molar-refractivity contribution in [3.05, 3.63) is 47.7 Å². The minimum absolute atomic E-state index is 0.0141. The maximum absolute atomic E-state index is 6.16. The van der Waals surface area contributed by atoms with Gasteiger partial charge in [0.2, 0.25) is 0 Å². The molecule has 6 heteroatoms. The quantitative estimate of drug-likeness (QED) is 0.807. The number of anilines is 1. The zero-order valence-corrected chi connectivity index (χ0v) is 16.1. The van der Waals surface area contributed by atoms with Gasteiger partial charge in [0.1, 0.15) is 17.3 Å². The van der Waals surface area contributed by atoms with Crippen LogP contribution in [0.5, 0.6) is 11.5 Å². The highest BCUT2D eigenvalue weighted by molar-refractivity contribution is 5.51. The second-order valence-corrected chi connectivity index (χ2v) is 6.95. The molecule has 2 aromatic rings. The normalized spacial score (nSPS) is 20.2. The van der Waals surface area contributed by atoms with E-state index in [2.05, 4.69) is 20.9 Å². The van der Waals surface area contributed by atoms with Crippen LogP contribution in [-0.2, 0) is 11.2 Å². The third kappa shape index (κ3) is 3.73. The third-order valence-electron chi connectivity index (χ3n) is 5.48. The van der Waals surface area contributed by atoms with Gasteiger partial charge in [-0.25, -0.2) is 4.98 Å². The maximum Gasteiger partial charge on any atom is 0.128 e. The lowest BCUT2D eigenvalue weighted by atomic mass is 9.94. The van der Waals surface area contributed by atoms with Crippen molar-refractivity contribution in [1.29, 1.82) is 0 Å². The number of ether oxygens (including phenoxy) is 3. The molecule has 2 aliphatic heterocycles. The molecule has 0 spiro atoms. The average molecular weight is 369 g/mol. The fourth-order valence-electron chi connectivity index (χ4n) is 4.07. The number of piperazine rings is 1. The minimum Gasteiger partial charge on any atom is -0.496 e. The molecule has 0 aliphatic carbocycles. The molecular formula is C21H27N3O3. The molecule has 6 nitrogen and oxygen atoms in total. The first-order valence-corrected chi connectivity index (χ1v) is 9.54. The zero-order chi connectivity index (χ0) is 18.6. The Balaban J connectivity index is 1.46. The first-order chi connectivity index (χ1) is 13.3. The van der Waals surface area contributed by atoms with Gasteiger partial charge in [-0.05, 0) is 30.7 Å². The van der Waals surface area contributed by atoms with Crippen LogP contribution >= 0.6 is 0 Å². The fraction of sp³-hybridized carbons (Fsp3) is 0.476. The summed E-state index contributed by atoms with van der Waals surface area (Å²) in [4.78, 5) is 9.28. The van der Waals surface area contributed by atoms with Crippen LogP contribution in [0.4, 0.5) is 5.82 Å². The molecule has 4 rings (SSSR count). The Morgan fingerprint density at radius 3 is 2.52 bits per heavy atom. The van der Waals surface area contributed by atoms with E-state index in [0.717, 1.165) is 68.6 Å². The molecule has 0 radical (unpaired) electrons. The van der Waals surface area contributed by atoms with Gasteiger partial charge in [0, 0.05) is 50.0 Å². The smallest absolute Gasteiger partial charge is 0.128 e.